The van der Waals surface area contributed by atoms with Crippen LogP contribution in [-0.2, 0) is 21.4 Å². The molecule has 0 aromatic heterocycles. The van der Waals surface area contributed by atoms with Gasteiger partial charge in [-0.25, -0.2) is 8.42 Å². The topological polar surface area (TPSA) is 69.7 Å². The van der Waals surface area contributed by atoms with Crippen LogP contribution < -0.4 is 10.2 Å². The molecule has 1 fully saturated rings. The highest BCUT2D eigenvalue weighted by Crippen LogP contribution is 2.23. The van der Waals surface area contributed by atoms with Gasteiger partial charge in [-0.3, -0.25) is 4.79 Å². The van der Waals surface area contributed by atoms with Crippen LogP contribution >= 0.6 is 11.6 Å². The van der Waals surface area contributed by atoms with Gasteiger partial charge in [0.15, 0.2) is 0 Å². The van der Waals surface area contributed by atoms with Crippen molar-refractivity contribution in [2.45, 2.75) is 31.2 Å². The zero-order valence-corrected chi connectivity index (χ0v) is 18.9. The van der Waals surface area contributed by atoms with Crippen LogP contribution in [0.25, 0.3) is 0 Å². The Balaban J connectivity index is 1.52. The van der Waals surface area contributed by atoms with Crippen LogP contribution in [0.3, 0.4) is 0 Å². The Labute approximate surface area is 183 Å². The number of nitrogens with one attached hydrogen (secondary N) is 1. The largest absolute Gasteiger partial charge is 0.371 e. The van der Waals surface area contributed by atoms with Crippen LogP contribution in [0.5, 0.6) is 0 Å². The van der Waals surface area contributed by atoms with Crippen LogP contribution in [0.2, 0.25) is 5.02 Å². The molecule has 1 aliphatic rings. The number of anilines is 1. The van der Waals surface area contributed by atoms with E-state index < -0.39 is 10.0 Å². The summed E-state index contributed by atoms with van der Waals surface area (Å²) in [5.74, 6) is 0.350. The zero-order chi connectivity index (χ0) is 21.7. The predicted octanol–water partition coefficient (Wildman–Crippen LogP) is 3.51. The number of likely N-dealkylation sites (N-methyl/N-ethyl adjacent to an activating group) is 1. The molecule has 6 nitrogen and oxygen atoms in total. The third kappa shape index (κ3) is 5.74. The highest BCUT2D eigenvalue weighted by molar-refractivity contribution is 7.89. The van der Waals surface area contributed by atoms with Crippen molar-refractivity contribution in [3.05, 3.63) is 59.1 Å². The molecular formula is C22H28ClN3O3S. The second-order valence-electron chi connectivity index (χ2n) is 7.85. The first-order valence-electron chi connectivity index (χ1n) is 10.1. The Morgan fingerprint density at radius 3 is 2.47 bits per heavy atom. The Kier molecular flexibility index (Phi) is 7.39. The van der Waals surface area contributed by atoms with E-state index in [4.69, 9.17) is 11.6 Å². The maximum absolute atomic E-state index is 12.6. The molecule has 0 unspecified atom stereocenters. The number of benzene rings is 2. The van der Waals surface area contributed by atoms with E-state index in [1.165, 1.54) is 49.8 Å². The summed E-state index contributed by atoms with van der Waals surface area (Å²) < 4.78 is 26.2. The molecule has 0 bridgehead atoms. The lowest BCUT2D eigenvalue weighted by molar-refractivity contribution is -0.121. The van der Waals surface area contributed by atoms with Gasteiger partial charge >= 0.3 is 0 Å². The average molecular weight is 450 g/mol. The van der Waals surface area contributed by atoms with E-state index in [1.807, 2.05) is 12.1 Å². The third-order valence-electron chi connectivity index (χ3n) is 5.34. The molecule has 0 saturated carbocycles. The first kappa shape index (κ1) is 22.6. The zero-order valence-electron chi connectivity index (χ0n) is 17.3. The quantitative estimate of drug-likeness (QED) is 0.702. The fourth-order valence-electron chi connectivity index (χ4n) is 3.58. The van der Waals surface area contributed by atoms with Gasteiger partial charge in [-0.2, -0.15) is 4.31 Å². The fraction of sp³-hybridized carbons (Fsp3) is 0.409. The van der Waals surface area contributed by atoms with Crippen molar-refractivity contribution < 1.29 is 13.2 Å². The Hall–Kier alpha value is -2.09. The summed E-state index contributed by atoms with van der Waals surface area (Å²) >= 11 is 5.81. The van der Waals surface area contributed by atoms with Crippen LogP contribution in [0.4, 0.5) is 5.69 Å². The molecule has 1 N–H and O–H groups in total. The molecule has 0 radical (unpaired) electrons. The van der Waals surface area contributed by atoms with E-state index in [1.54, 1.807) is 0 Å². The molecule has 30 heavy (non-hydrogen) atoms. The number of halogens is 1. The van der Waals surface area contributed by atoms with Gasteiger partial charge in [-0.15, -0.1) is 0 Å². The van der Waals surface area contributed by atoms with E-state index in [2.05, 4.69) is 29.3 Å². The number of amides is 1. The maximum Gasteiger partial charge on any atom is 0.243 e. The molecule has 2 aromatic carbocycles. The lowest BCUT2D eigenvalue weighted by Gasteiger charge is -2.32. The lowest BCUT2D eigenvalue weighted by atomic mass is 9.99. The number of hydrogen-bond donors (Lipinski definition) is 1. The predicted molar refractivity (Wildman–Crippen MR) is 120 cm³/mol. The second-order valence-corrected chi connectivity index (χ2v) is 10.3. The molecule has 0 spiro atoms. The Morgan fingerprint density at radius 2 is 1.83 bits per heavy atom. The van der Waals surface area contributed by atoms with Gasteiger partial charge in [0, 0.05) is 37.4 Å². The van der Waals surface area contributed by atoms with E-state index >= 15 is 0 Å². The smallest absolute Gasteiger partial charge is 0.243 e. The second kappa shape index (κ2) is 9.81. The molecule has 3 rings (SSSR count). The summed E-state index contributed by atoms with van der Waals surface area (Å²) in [4.78, 5) is 14.8. The van der Waals surface area contributed by atoms with Crippen molar-refractivity contribution >= 4 is 33.2 Å². The van der Waals surface area contributed by atoms with Gasteiger partial charge in [0.05, 0.1) is 11.4 Å². The molecule has 1 heterocycles. The number of piperidine rings is 1. The molecule has 162 valence electrons. The number of rotatable bonds is 7. The van der Waals surface area contributed by atoms with E-state index in [9.17, 15) is 13.2 Å². The van der Waals surface area contributed by atoms with Crippen LogP contribution in [0.15, 0.2) is 53.4 Å². The van der Waals surface area contributed by atoms with Gasteiger partial charge in [0.2, 0.25) is 15.9 Å². The minimum atomic E-state index is -3.75. The average Bonchev–Trinajstić information content (AvgIpc) is 2.73. The number of nitrogens with zero attached hydrogens (tertiary/aromatic N) is 2. The third-order valence-corrected chi connectivity index (χ3v) is 7.41. The van der Waals surface area contributed by atoms with Crippen LogP contribution in [0, 0.1) is 5.92 Å². The minimum Gasteiger partial charge on any atom is -0.371 e. The summed E-state index contributed by atoms with van der Waals surface area (Å²) in [5.41, 5.74) is 2.17. The maximum atomic E-state index is 12.6. The highest BCUT2D eigenvalue weighted by Gasteiger charge is 2.23. The molecule has 8 heteroatoms. The van der Waals surface area contributed by atoms with Gasteiger partial charge in [0.1, 0.15) is 0 Å². The van der Waals surface area contributed by atoms with Crippen molar-refractivity contribution in [3.8, 4) is 0 Å². The molecular weight excluding hydrogens is 422 g/mol. The Morgan fingerprint density at radius 1 is 1.17 bits per heavy atom. The van der Waals surface area contributed by atoms with Gasteiger partial charge in [-0.1, -0.05) is 30.7 Å². The summed E-state index contributed by atoms with van der Waals surface area (Å²) in [6.07, 6.45) is 2.49. The summed E-state index contributed by atoms with van der Waals surface area (Å²) in [6.45, 7) is 4.53. The highest BCUT2D eigenvalue weighted by atomic mass is 35.5. The SMILES string of the molecule is C[C@@H]1CCCN(c2ccc(CNC(=O)CN(C)S(=O)(=O)c3ccc(Cl)cc3)cc2)C1. The van der Waals surface area contributed by atoms with E-state index in [-0.39, 0.29) is 17.3 Å². The lowest BCUT2D eigenvalue weighted by Crippen LogP contribution is -2.38. The molecule has 0 aliphatic carbocycles. The molecule has 1 saturated heterocycles. The van der Waals surface area contributed by atoms with Gasteiger partial charge in [0.25, 0.3) is 0 Å². The van der Waals surface area contributed by atoms with Gasteiger partial charge in [-0.05, 0) is 60.7 Å². The van der Waals surface area contributed by atoms with Crippen LogP contribution in [-0.4, -0.2) is 45.3 Å². The standard InChI is InChI=1S/C22H28ClN3O3S/c1-17-4-3-13-26(15-17)20-9-5-18(6-10-20)14-24-22(27)16-25(2)30(28,29)21-11-7-19(23)8-12-21/h5-12,17H,3-4,13-16H2,1-2H3,(H,24,27)/t17-/m1/s1. The number of carbonyl (C=O) groups is 1. The van der Waals surface area contributed by atoms with Crippen molar-refractivity contribution in [1.29, 1.82) is 0 Å². The molecule has 1 atom stereocenters. The normalized spacial score (nSPS) is 17.2. The Bertz CT molecular complexity index is 962. The van der Waals surface area contributed by atoms with Gasteiger partial charge < -0.3 is 10.2 Å². The summed E-state index contributed by atoms with van der Waals surface area (Å²) in [5, 5.41) is 3.24. The van der Waals surface area contributed by atoms with E-state index in [0.29, 0.717) is 17.5 Å². The van der Waals surface area contributed by atoms with Crippen molar-refractivity contribution in [2.24, 2.45) is 5.92 Å². The molecule has 1 amide bonds. The first-order valence-corrected chi connectivity index (χ1v) is 11.9. The number of sulfonamides is 1. The van der Waals surface area contributed by atoms with Crippen LogP contribution in [0.1, 0.15) is 25.3 Å². The summed E-state index contributed by atoms with van der Waals surface area (Å²) in [7, 11) is -2.36. The molecule has 2 aromatic rings. The summed E-state index contributed by atoms with van der Waals surface area (Å²) in [6, 6.07) is 14.0. The fourth-order valence-corrected chi connectivity index (χ4v) is 4.83. The molecule has 1 aliphatic heterocycles. The monoisotopic (exact) mass is 449 g/mol. The van der Waals surface area contributed by atoms with Crippen molar-refractivity contribution in [2.75, 3.05) is 31.6 Å². The number of hydrogen-bond acceptors (Lipinski definition) is 4. The van der Waals surface area contributed by atoms with E-state index in [0.717, 1.165) is 23.0 Å². The number of carbonyl (C=O) groups excluding carboxylic acids is 1. The first-order chi connectivity index (χ1) is 14.3. The minimum absolute atomic E-state index is 0.102. The van der Waals surface area contributed by atoms with Crippen molar-refractivity contribution in [3.63, 3.8) is 0 Å². The van der Waals surface area contributed by atoms with Crippen molar-refractivity contribution in [1.82, 2.24) is 9.62 Å².